The van der Waals surface area contributed by atoms with Crippen LogP contribution in [0.1, 0.15) is 1.43 Å². The van der Waals surface area contributed by atoms with Crippen LogP contribution in [-0.2, 0) is 0 Å². The Morgan fingerprint density at radius 2 is 1.64 bits per heavy atom. The molecule has 1 heterocycles. The minimum atomic E-state index is -2.23. The van der Waals surface area contributed by atoms with Gasteiger partial charge in [-0.25, -0.2) is 13.2 Å². The summed E-state index contributed by atoms with van der Waals surface area (Å²) in [6.45, 7) is 0. The van der Waals surface area contributed by atoms with E-state index in [1.165, 1.54) is 0 Å². The minimum absolute atomic E-state index is 0. The van der Waals surface area contributed by atoms with Crippen molar-refractivity contribution in [3.05, 3.63) is 0 Å². The van der Waals surface area contributed by atoms with E-state index in [0.29, 0.717) is 0 Å². The first-order valence-electron chi connectivity index (χ1n) is 3.19. The van der Waals surface area contributed by atoms with Gasteiger partial charge < -0.3 is 1.43 Å². The standard InChI is InChI=1S/C5H6F4.Al.Li.2H/c1-3(7)5(9)4(8)2-6;;;;/h2-5H,1H2;;;;/q;;+1;;-1. The van der Waals surface area contributed by atoms with Crippen molar-refractivity contribution < 1.29 is 37.8 Å². The van der Waals surface area contributed by atoms with Gasteiger partial charge in [-0.3, -0.25) is 4.39 Å². The monoisotopic (exact) mass is 178 g/mol. The van der Waals surface area contributed by atoms with Crippen molar-refractivity contribution in [2.45, 2.75) is 28.8 Å². The average molecular weight is 178 g/mol. The fraction of sp³-hybridized carbons (Fsp3) is 1.00. The quantitative estimate of drug-likeness (QED) is 0.306. The van der Waals surface area contributed by atoms with Crippen molar-refractivity contribution >= 4 is 15.2 Å². The third-order valence-electron chi connectivity index (χ3n) is 1.71. The van der Waals surface area contributed by atoms with E-state index in [0.717, 1.165) is 0 Å². The maximum atomic E-state index is 12.3. The molecule has 0 aromatic heterocycles. The van der Waals surface area contributed by atoms with Crippen molar-refractivity contribution in [3.8, 4) is 0 Å². The zero-order chi connectivity index (χ0) is 7.72. The summed E-state index contributed by atoms with van der Waals surface area (Å²) in [4.78, 5) is 0. The molecule has 0 N–H and O–H groups in total. The molecule has 1 aliphatic heterocycles. The molecule has 6 heteroatoms. The first-order valence-corrected chi connectivity index (χ1v) is 5.01. The van der Waals surface area contributed by atoms with Gasteiger partial charge in [0.1, 0.15) is 6.17 Å². The molecule has 60 valence electrons. The van der Waals surface area contributed by atoms with E-state index >= 15 is 0 Å². The van der Waals surface area contributed by atoms with Gasteiger partial charge in [-0.15, -0.1) is 0 Å². The molecule has 4 atom stereocenters. The number of rotatable bonds is 0. The van der Waals surface area contributed by atoms with E-state index in [1.807, 2.05) is 0 Å². The summed E-state index contributed by atoms with van der Waals surface area (Å²) in [5.41, 5.74) is 0. The van der Waals surface area contributed by atoms with Crippen LogP contribution in [0.25, 0.3) is 0 Å². The molecule has 1 saturated heterocycles. The Hall–Kier alpha value is 0.850. The predicted molar refractivity (Wildman–Crippen MR) is 32.7 cm³/mol. The maximum Gasteiger partial charge on any atom is 1.00 e. The van der Waals surface area contributed by atoms with Gasteiger partial charge in [-0.1, -0.05) is 5.28 Å². The number of halogens is 4. The van der Waals surface area contributed by atoms with Gasteiger partial charge in [0.2, 0.25) is 0 Å². The van der Waals surface area contributed by atoms with Crippen LogP contribution >= 0.6 is 0 Å². The Kier molecular flexibility index (Phi) is 5.14. The molecule has 1 fully saturated rings. The first-order chi connectivity index (χ1) is 4.63. The van der Waals surface area contributed by atoms with Crippen LogP contribution in [0.3, 0.4) is 0 Å². The van der Waals surface area contributed by atoms with E-state index in [1.54, 1.807) is 0 Å². The Labute approximate surface area is 82.1 Å². The molecule has 0 bridgehead atoms. The molecule has 0 saturated carbocycles. The topological polar surface area (TPSA) is 0 Å². The summed E-state index contributed by atoms with van der Waals surface area (Å²) < 4.78 is 49.1. The van der Waals surface area contributed by atoms with Gasteiger partial charge in [0.25, 0.3) is 15.2 Å². The molecule has 0 aliphatic carbocycles. The van der Waals surface area contributed by atoms with Crippen LogP contribution in [0.4, 0.5) is 17.6 Å². The third kappa shape index (κ3) is 2.67. The normalized spacial score (nSPS) is 44.0. The van der Waals surface area contributed by atoms with Gasteiger partial charge in [0.15, 0.2) is 12.3 Å². The number of hydrogen-bond donors (Lipinski definition) is 0. The molecule has 1 rings (SSSR count). The molecule has 0 aromatic carbocycles. The van der Waals surface area contributed by atoms with E-state index in [9.17, 15) is 17.6 Å². The van der Waals surface area contributed by atoms with E-state index < -0.39 is 38.8 Å². The second-order valence-electron chi connectivity index (χ2n) is 2.50. The van der Waals surface area contributed by atoms with Crippen LogP contribution in [0.5, 0.6) is 0 Å². The van der Waals surface area contributed by atoms with Gasteiger partial charge in [0.05, 0.1) is 5.03 Å². The third-order valence-corrected chi connectivity index (χ3v) is 3.60. The second-order valence-corrected chi connectivity index (χ2v) is 4.43. The Bertz CT molecular complexity index is 116. The van der Waals surface area contributed by atoms with Crippen molar-refractivity contribution in [2.24, 2.45) is 0 Å². The molecule has 0 aromatic rings. The minimum Gasteiger partial charge on any atom is -1.00 e. The number of hydrogen-bond acceptors (Lipinski definition) is 0. The summed E-state index contributed by atoms with van der Waals surface area (Å²) in [5, 5.41) is -1.75. The van der Waals surface area contributed by atoms with Crippen molar-refractivity contribution in [1.82, 2.24) is 0 Å². The molecule has 0 nitrogen and oxygen atoms in total. The first kappa shape index (κ1) is 11.8. The Morgan fingerprint density at radius 3 is 2.09 bits per heavy atom. The van der Waals surface area contributed by atoms with Crippen LogP contribution in [-0.4, -0.2) is 38.8 Å². The van der Waals surface area contributed by atoms with Gasteiger partial charge >= 0.3 is 18.9 Å². The van der Waals surface area contributed by atoms with Gasteiger partial charge in [-0.05, 0) is 0 Å². The largest absolute Gasteiger partial charge is 1.00 e. The molecular weight excluding hydrogens is 170 g/mol. The van der Waals surface area contributed by atoms with Gasteiger partial charge in [0, 0.05) is 0 Å². The van der Waals surface area contributed by atoms with Gasteiger partial charge in [-0.2, -0.15) is 0 Å². The smallest absolute Gasteiger partial charge is 1.00 e. The Balaban J connectivity index is 0. The zero-order valence-corrected chi connectivity index (χ0v) is 7.65. The van der Waals surface area contributed by atoms with E-state index in [-0.39, 0.29) is 25.6 Å². The summed E-state index contributed by atoms with van der Waals surface area (Å²) in [6.07, 6.45) is -6.18. The summed E-state index contributed by atoms with van der Waals surface area (Å²) in [5.74, 6) is 0. The second kappa shape index (κ2) is 4.77. The fourth-order valence-electron chi connectivity index (χ4n) is 1.04. The molecule has 4 unspecified atom stereocenters. The summed E-state index contributed by atoms with van der Waals surface area (Å²) in [7, 11) is 0. The fourth-order valence-corrected chi connectivity index (χ4v) is 2.57. The molecular formula is C5H8AlF4Li. The van der Waals surface area contributed by atoms with E-state index in [4.69, 9.17) is 0 Å². The molecule has 0 radical (unpaired) electrons. The Morgan fingerprint density at radius 1 is 1.09 bits per heavy atom. The maximum absolute atomic E-state index is 12.3. The van der Waals surface area contributed by atoms with E-state index in [2.05, 4.69) is 0 Å². The van der Waals surface area contributed by atoms with Crippen LogP contribution in [0, 0.1) is 0 Å². The van der Waals surface area contributed by atoms with Crippen LogP contribution in [0.2, 0.25) is 5.28 Å². The summed E-state index contributed by atoms with van der Waals surface area (Å²) >= 11 is -1.35. The van der Waals surface area contributed by atoms with Crippen LogP contribution in [0.15, 0.2) is 0 Å². The van der Waals surface area contributed by atoms with Crippen molar-refractivity contribution in [3.63, 3.8) is 0 Å². The molecule has 0 spiro atoms. The van der Waals surface area contributed by atoms with Crippen molar-refractivity contribution in [2.75, 3.05) is 0 Å². The molecule has 0 amide bonds. The SMILES string of the molecule is FC1[CH2][AlH][CH](F)C(F)C1F.[H-].[Li+]. The zero-order valence-electron chi connectivity index (χ0n) is 7.24. The average Bonchev–Trinajstić information content (AvgIpc) is 1.93. The molecule has 11 heavy (non-hydrogen) atoms. The predicted octanol–water partition coefficient (Wildman–Crippen LogP) is -1.72. The molecule has 1 aliphatic rings. The number of alkyl halides is 4. The summed E-state index contributed by atoms with van der Waals surface area (Å²) in [6, 6.07) is 0. The van der Waals surface area contributed by atoms with Crippen molar-refractivity contribution in [1.29, 1.82) is 0 Å². The van der Waals surface area contributed by atoms with Crippen LogP contribution < -0.4 is 18.9 Å².